The van der Waals surface area contributed by atoms with Crippen LogP contribution in [0.25, 0.3) is 0 Å². The molecule has 108 valence electrons. The molecule has 0 radical (unpaired) electrons. The summed E-state index contributed by atoms with van der Waals surface area (Å²) in [5, 5.41) is 3.46. The lowest BCUT2D eigenvalue weighted by Gasteiger charge is -2.07. The van der Waals surface area contributed by atoms with Crippen LogP contribution in [0.3, 0.4) is 0 Å². The Morgan fingerprint density at radius 1 is 1.40 bits per heavy atom. The molecule has 1 aromatic heterocycles. The van der Waals surface area contributed by atoms with Gasteiger partial charge in [-0.15, -0.1) is 0 Å². The summed E-state index contributed by atoms with van der Waals surface area (Å²) in [6.07, 6.45) is 0. The van der Waals surface area contributed by atoms with Gasteiger partial charge in [0.2, 0.25) is 15.9 Å². The van der Waals surface area contributed by atoms with Gasteiger partial charge in [-0.2, -0.15) is 4.98 Å². The van der Waals surface area contributed by atoms with Crippen LogP contribution in [-0.2, 0) is 16.6 Å². The molecule has 0 aliphatic rings. The van der Waals surface area contributed by atoms with Gasteiger partial charge in [-0.1, -0.05) is 5.16 Å². The summed E-state index contributed by atoms with van der Waals surface area (Å²) in [4.78, 5) is 2.89. The molecule has 2 rings (SSSR count). The highest BCUT2D eigenvalue weighted by Gasteiger charge is 2.23. The summed E-state index contributed by atoms with van der Waals surface area (Å²) in [5.74, 6) is -2.53. The van der Waals surface area contributed by atoms with Crippen molar-refractivity contribution >= 4 is 15.7 Å². The Morgan fingerprint density at radius 2 is 2.10 bits per heavy atom. The fourth-order valence-corrected chi connectivity index (χ4v) is 2.53. The SMILES string of the molecule is Cc1nc(CNS(=O)(=O)c2cc(N)cc(F)c2F)no1. The minimum atomic E-state index is -4.29. The summed E-state index contributed by atoms with van der Waals surface area (Å²) in [6, 6.07) is 1.51. The quantitative estimate of drug-likeness (QED) is 0.805. The van der Waals surface area contributed by atoms with E-state index in [0.717, 1.165) is 6.07 Å². The highest BCUT2D eigenvalue weighted by Crippen LogP contribution is 2.21. The molecule has 3 N–H and O–H groups in total. The first kappa shape index (κ1) is 14.3. The number of benzene rings is 1. The van der Waals surface area contributed by atoms with Gasteiger partial charge in [-0.05, 0) is 12.1 Å². The predicted octanol–water partition coefficient (Wildman–Crippen LogP) is 0.717. The fraction of sp³-hybridized carbons (Fsp3) is 0.200. The Labute approximate surface area is 112 Å². The molecule has 1 aromatic carbocycles. The summed E-state index contributed by atoms with van der Waals surface area (Å²) in [6.45, 7) is 1.20. The van der Waals surface area contributed by atoms with Crippen LogP contribution in [0.1, 0.15) is 11.7 Å². The Bertz CT molecular complexity index is 745. The zero-order valence-corrected chi connectivity index (χ0v) is 11.0. The molecule has 0 aliphatic carbocycles. The minimum Gasteiger partial charge on any atom is -0.399 e. The van der Waals surface area contributed by atoms with Gasteiger partial charge >= 0.3 is 0 Å². The molecule has 2 aromatic rings. The lowest BCUT2D eigenvalue weighted by atomic mass is 10.3. The van der Waals surface area contributed by atoms with E-state index in [2.05, 4.69) is 14.7 Å². The molecule has 1 heterocycles. The molecule has 7 nitrogen and oxygen atoms in total. The molecular weight excluding hydrogens is 294 g/mol. The molecule has 0 aliphatic heterocycles. The van der Waals surface area contributed by atoms with Crippen molar-refractivity contribution in [2.75, 3.05) is 5.73 Å². The van der Waals surface area contributed by atoms with Crippen molar-refractivity contribution < 1.29 is 21.7 Å². The molecule has 0 saturated carbocycles. The van der Waals surface area contributed by atoms with E-state index >= 15 is 0 Å². The summed E-state index contributed by atoms with van der Waals surface area (Å²) >= 11 is 0. The zero-order valence-electron chi connectivity index (χ0n) is 10.2. The van der Waals surface area contributed by atoms with Gasteiger partial charge in [0.05, 0.1) is 6.54 Å². The third-order valence-electron chi connectivity index (χ3n) is 2.30. The number of aryl methyl sites for hydroxylation is 1. The number of nitrogens with one attached hydrogen (secondary N) is 1. The van der Waals surface area contributed by atoms with Gasteiger partial charge in [0.15, 0.2) is 17.5 Å². The van der Waals surface area contributed by atoms with Crippen LogP contribution in [0.2, 0.25) is 0 Å². The third kappa shape index (κ3) is 2.91. The first-order valence-electron chi connectivity index (χ1n) is 5.33. The number of hydrogen-bond acceptors (Lipinski definition) is 6. The molecular formula is C10H10F2N4O3S. The van der Waals surface area contributed by atoms with E-state index in [1.165, 1.54) is 6.92 Å². The molecule has 0 spiro atoms. The number of hydrogen-bond donors (Lipinski definition) is 2. The topological polar surface area (TPSA) is 111 Å². The van der Waals surface area contributed by atoms with Gasteiger partial charge in [0.1, 0.15) is 4.90 Å². The van der Waals surface area contributed by atoms with Gasteiger partial charge in [0, 0.05) is 12.6 Å². The molecule has 0 fully saturated rings. The number of halogens is 2. The second-order valence-electron chi connectivity index (χ2n) is 3.87. The van der Waals surface area contributed by atoms with Crippen molar-refractivity contribution in [1.29, 1.82) is 0 Å². The lowest BCUT2D eigenvalue weighted by molar-refractivity contribution is 0.387. The van der Waals surface area contributed by atoms with Crippen LogP contribution in [0.4, 0.5) is 14.5 Å². The fourth-order valence-electron chi connectivity index (χ4n) is 1.43. The molecule has 0 bridgehead atoms. The molecule has 20 heavy (non-hydrogen) atoms. The number of nitrogen functional groups attached to an aromatic ring is 1. The maximum atomic E-state index is 13.5. The average Bonchev–Trinajstić information content (AvgIpc) is 2.77. The van der Waals surface area contributed by atoms with Crippen molar-refractivity contribution in [2.24, 2.45) is 0 Å². The van der Waals surface area contributed by atoms with Crippen LogP contribution in [0, 0.1) is 18.6 Å². The van der Waals surface area contributed by atoms with Gasteiger partial charge in [-0.25, -0.2) is 21.9 Å². The number of nitrogens with two attached hydrogens (primary N) is 1. The average molecular weight is 304 g/mol. The van der Waals surface area contributed by atoms with Gasteiger partial charge in [-0.3, -0.25) is 0 Å². The van der Waals surface area contributed by atoms with Crippen LogP contribution < -0.4 is 10.5 Å². The Morgan fingerprint density at radius 3 is 2.70 bits per heavy atom. The van der Waals surface area contributed by atoms with Crippen LogP contribution >= 0.6 is 0 Å². The second-order valence-corrected chi connectivity index (χ2v) is 5.60. The number of rotatable bonds is 4. The van der Waals surface area contributed by atoms with Gasteiger partial charge < -0.3 is 10.3 Å². The Hall–Kier alpha value is -2.07. The summed E-state index contributed by atoms with van der Waals surface area (Å²) < 4.78 is 57.1. The van der Waals surface area contributed by atoms with Crippen molar-refractivity contribution in [1.82, 2.24) is 14.9 Å². The van der Waals surface area contributed by atoms with Crippen molar-refractivity contribution in [3.63, 3.8) is 0 Å². The zero-order chi connectivity index (χ0) is 14.9. The maximum Gasteiger partial charge on any atom is 0.244 e. The van der Waals surface area contributed by atoms with Crippen LogP contribution in [0.15, 0.2) is 21.6 Å². The van der Waals surface area contributed by atoms with E-state index in [0.29, 0.717) is 6.07 Å². The van der Waals surface area contributed by atoms with E-state index in [1.807, 2.05) is 4.72 Å². The van der Waals surface area contributed by atoms with E-state index in [9.17, 15) is 17.2 Å². The smallest absolute Gasteiger partial charge is 0.244 e. The predicted molar refractivity (Wildman–Crippen MR) is 63.8 cm³/mol. The van der Waals surface area contributed by atoms with E-state index in [1.54, 1.807) is 0 Å². The molecule has 0 saturated heterocycles. The summed E-state index contributed by atoms with van der Waals surface area (Å²) in [7, 11) is -4.29. The highest BCUT2D eigenvalue weighted by atomic mass is 32.2. The van der Waals surface area contributed by atoms with Crippen molar-refractivity contribution in [3.8, 4) is 0 Å². The van der Waals surface area contributed by atoms with E-state index in [4.69, 9.17) is 5.73 Å². The standard InChI is InChI=1S/C10H10F2N4O3S/c1-5-15-9(16-19-5)4-14-20(17,18)8-3-6(13)2-7(11)10(8)12/h2-3,14H,4,13H2,1H3. The molecule has 0 atom stereocenters. The highest BCUT2D eigenvalue weighted by molar-refractivity contribution is 7.89. The van der Waals surface area contributed by atoms with Crippen LogP contribution in [-0.4, -0.2) is 18.6 Å². The van der Waals surface area contributed by atoms with Crippen LogP contribution in [0.5, 0.6) is 0 Å². The largest absolute Gasteiger partial charge is 0.399 e. The monoisotopic (exact) mass is 304 g/mol. The first-order chi connectivity index (χ1) is 9.29. The van der Waals surface area contributed by atoms with E-state index < -0.39 is 26.6 Å². The van der Waals surface area contributed by atoms with Crippen molar-refractivity contribution in [3.05, 3.63) is 35.5 Å². The van der Waals surface area contributed by atoms with Crippen molar-refractivity contribution in [2.45, 2.75) is 18.4 Å². The van der Waals surface area contributed by atoms with Gasteiger partial charge in [0.25, 0.3) is 0 Å². The lowest BCUT2D eigenvalue weighted by Crippen LogP contribution is -2.25. The normalized spacial score (nSPS) is 11.8. The number of nitrogens with zero attached hydrogens (tertiary/aromatic N) is 2. The number of anilines is 1. The maximum absolute atomic E-state index is 13.5. The second kappa shape index (κ2) is 5.13. The number of sulfonamides is 1. The number of aromatic nitrogens is 2. The third-order valence-corrected chi connectivity index (χ3v) is 3.70. The summed E-state index contributed by atoms with van der Waals surface area (Å²) in [5.41, 5.74) is 5.09. The first-order valence-corrected chi connectivity index (χ1v) is 6.81. The molecule has 0 unspecified atom stereocenters. The Kier molecular flexibility index (Phi) is 3.68. The Balaban J connectivity index is 2.27. The molecule has 10 heteroatoms. The van der Waals surface area contributed by atoms with E-state index in [-0.39, 0.29) is 23.9 Å². The molecule has 0 amide bonds. The minimum absolute atomic E-state index is 0.0656.